The Morgan fingerprint density at radius 3 is 2.76 bits per heavy atom. The van der Waals surface area contributed by atoms with Crippen LogP contribution in [0.2, 0.25) is 0 Å². The van der Waals surface area contributed by atoms with Crippen molar-refractivity contribution in [2.24, 2.45) is 5.41 Å². The summed E-state index contributed by atoms with van der Waals surface area (Å²) in [5.41, 5.74) is 0.524. The largest absolute Gasteiger partial charge is 0.356 e. The lowest BCUT2D eigenvalue weighted by atomic mass is 9.92. The van der Waals surface area contributed by atoms with E-state index in [0.717, 1.165) is 37.3 Å². The average molecular weight is 358 g/mol. The van der Waals surface area contributed by atoms with E-state index in [-0.39, 0.29) is 0 Å². The minimum Gasteiger partial charge on any atom is -0.356 e. The van der Waals surface area contributed by atoms with E-state index in [1.165, 1.54) is 24.3 Å². The van der Waals surface area contributed by atoms with Gasteiger partial charge in [0.25, 0.3) is 0 Å². The molecule has 2 aromatic heterocycles. The molecule has 1 aliphatic heterocycles. The lowest BCUT2D eigenvalue weighted by Gasteiger charge is -2.35. The van der Waals surface area contributed by atoms with Crippen LogP contribution in [0.3, 0.4) is 0 Å². The summed E-state index contributed by atoms with van der Waals surface area (Å²) in [6.45, 7) is 7.50. The van der Waals surface area contributed by atoms with Crippen LogP contribution in [-0.2, 0) is 6.54 Å². The topological polar surface area (TPSA) is 45.2 Å². The van der Waals surface area contributed by atoms with Crippen LogP contribution in [0.5, 0.6) is 0 Å². The van der Waals surface area contributed by atoms with Crippen molar-refractivity contribution in [3.8, 4) is 0 Å². The van der Waals surface area contributed by atoms with E-state index in [1.54, 1.807) is 11.3 Å². The summed E-state index contributed by atoms with van der Waals surface area (Å²) in [5, 5.41) is 3.29. The molecule has 0 radical (unpaired) electrons. The molecular weight excluding hydrogens is 330 g/mol. The molecule has 2 aromatic rings. The molecule has 4 rings (SSSR count). The molecule has 1 aliphatic carbocycles. The normalized spacial score (nSPS) is 22.1. The number of anilines is 1. The molecule has 25 heavy (non-hydrogen) atoms. The molecule has 2 aliphatic rings. The Labute approximate surface area is 154 Å². The highest BCUT2D eigenvalue weighted by atomic mass is 32.1. The van der Waals surface area contributed by atoms with Crippen molar-refractivity contribution in [2.45, 2.75) is 51.6 Å². The van der Waals surface area contributed by atoms with E-state index in [1.807, 2.05) is 12.4 Å². The van der Waals surface area contributed by atoms with Gasteiger partial charge in [0.2, 0.25) is 0 Å². The van der Waals surface area contributed by atoms with E-state index in [2.05, 4.69) is 52.1 Å². The van der Waals surface area contributed by atoms with Crippen LogP contribution < -0.4 is 4.90 Å². The van der Waals surface area contributed by atoms with Crippen molar-refractivity contribution in [3.63, 3.8) is 0 Å². The maximum Gasteiger partial charge on any atom is 0.133 e. The van der Waals surface area contributed by atoms with E-state index in [4.69, 9.17) is 4.98 Å². The number of piperidine rings is 1. The fourth-order valence-corrected chi connectivity index (χ4v) is 4.82. The molecule has 1 spiro atoms. The highest BCUT2D eigenvalue weighted by Crippen LogP contribution is 2.56. The number of hydrogen-bond donors (Lipinski definition) is 0. The Hall–Kier alpha value is -1.53. The van der Waals surface area contributed by atoms with Gasteiger partial charge in [0, 0.05) is 42.8 Å². The van der Waals surface area contributed by atoms with E-state index in [9.17, 15) is 0 Å². The van der Waals surface area contributed by atoms with Crippen molar-refractivity contribution in [1.29, 1.82) is 0 Å². The Kier molecular flexibility index (Phi) is 4.50. The fourth-order valence-electron chi connectivity index (χ4n) is 4.14. The summed E-state index contributed by atoms with van der Waals surface area (Å²) in [6.07, 6.45) is 7.68. The molecule has 1 unspecified atom stereocenters. The van der Waals surface area contributed by atoms with Crippen LogP contribution in [0.25, 0.3) is 0 Å². The predicted molar refractivity (Wildman–Crippen MR) is 102 cm³/mol. The van der Waals surface area contributed by atoms with Gasteiger partial charge in [-0.2, -0.15) is 0 Å². The molecule has 1 saturated heterocycles. The summed E-state index contributed by atoms with van der Waals surface area (Å²) in [4.78, 5) is 18.5. The van der Waals surface area contributed by atoms with E-state index >= 15 is 0 Å². The smallest absolute Gasteiger partial charge is 0.133 e. The van der Waals surface area contributed by atoms with Crippen molar-refractivity contribution in [3.05, 3.63) is 34.7 Å². The standard InChI is InChI=1S/C19H27N5S/c1-14(2)18-21-7-4-16(22-18)24-9-5-19(6-10-24)12-15(19)23(3)13-17-20-8-11-25-17/h4,7-8,11,14-15H,5-6,9-10,12-13H2,1-3H3. The molecule has 0 aromatic carbocycles. The third kappa shape index (κ3) is 3.42. The molecular formula is C19H27N5S. The number of hydrogen-bond acceptors (Lipinski definition) is 6. The Morgan fingerprint density at radius 1 is 1.28 bits per heavy atom. The zero-order valence-electron chi connectivity index (χ0n) is 15.4. The summed E-state index contributed by atoms with van der Waals surface area (Å²) >= 11 is 1.76. The zero-order chi connectivity index (χ0) is 17.4. The molecule has 134 valence electrons. The first-order chi connectivity index (χ1) is 12.1. The molecule has 5 nitrogen and oxygen atoms in total. The third-order valence-corrected chi connectivity index (χ3v) is 6.57. The quantitative estimate of drug-likeness (QED) is 0.819. The van der Waals surface area contributed by atoms with Gasteiger partial charge in [-0.15, -0.1) is 11.3 Å². The molecule has 0 bridgehead atoms. The van der Waals surface area contributed by atoms with Crippen LogP contribution in [0.1, 0.15) is 49.9 Å². The fraction of sp³-hybridized carbons (Fsp3) is 0.632. The lowest BCUT2D eigenvalue weighted by Crippen LogP contribution is -2.38. The predicted octanol–water partition coefficient (Wildman–Crippen LogP) is 3.55. The van der Waals surface area contributed by atoms with Gasteiger partial charge in [0.1, 0.15) is 16.6 Å². The minimum absolute atomic E-state index is 0.378. The van der Waals surface area contributed by atoms with E-state index < -0.39 is 0 Å². The van der Waals surface area contributed by atoms with Crippen LogP contribution >= 0.6 is 11.3 Å². The van der Waals surface area contributed by atoms with Crippen LogP contribution in [0, 0.1) is 5.41 Å². The number of aromatic nitrogens is 3. The van der Waals surface area contributed by atoms with Gasteiger partial charge in [-0.3, -0.25) is 4.90 Å². The van der Waals surface area contributed by atoms with Crippen molar-refractivity contribution < 1.29 is 0 Å². The van der Waals surface area contributed by atoms with Gasteiger partial charge >= 0.3 is 0 Å². The van der Waals surface area contributed by atoms with Crippen molar-refractivity contribution in [2.75, 3.05) is 25.0 Å². The van der Waals surface area contributed by atoms with Crippen molar-refractivity contribution >= 4 is 17.2 Å². The number of rotatable bonds is 5. The van der Waals surface area contributed by atoms with E-state index in [0.29, 0.717) is 11.3 Å². The molecule has 6 heteroatoms. The highest BCUT2D eigenvalue weighted by Gasteiger charge is 2.56. The number of nitrogens with zero attached hydrogens (tertiary/aromatic N) is 5. The minimum atomic E-state index is 0.378. The first-order valence-corrected chi connectivity index (χ1v) is 10.1. The van der Waals surface area contributed by atoms with Crippen LogP contribution in [0.4, 0.5) is 5.82 Å². The monoisotopic (exact) mass is 357 g/mol. The molecule has 0 N–H and O–H groups in total. The second kappa shape index (κ2) is 6.65. The van der Waals surface area contributed by atoms with Gasteiger partial charge in [0.15, 0.2) is 0 Å². The van der Waals surface area contributed by atoms with Gasteiger partial charge in [-0.05, 0) is 37.8 Å². The van der Waals surface area contributed by atoms with Gasteiger partial charge < -0.3 is 4.90 Å². The SMILES string of the molecule is CC(C)c1nccc(N2CCC3(CC2)CC3N(C)Cc2nccs2)n1. The lowest BCUT2D eigenvalue weighted by molar-refractivity contribution is 0.238. The summed E-state index contributed by atoms with van der Waals surface area (Å²) < 4.78 is 0. The number of thiazole rings is 1. The molecule has 1 atom stereocenters. The summed E-state index contributed by atoms with van der Waals surface area (Å²) in [7, 11) is 2.26. The molecule has 0 amide bonds. The zero-order valence-corrected chi connectivity index (χ0v) is 16.2. The van der Waals surface area contributed by atoms with Crippen LogP contribution in [-0.4, -0.2) is 46.0 Å². The Morgan fingerprint density at radius 2 is 2.08 bits per heavy atom. The molecule has 2 fully saturated rings. The maximum absolute atomic E-state index is 4.77. The Bertz CT molecular complexity index is 706. The molecule has 1 saturated carbocycles. The first-order valence-electron chi connectivity index (χ1n) is 9.24. The van der Waals surface area contributed by atoms with Crippen molar-refractivity contribution in [1.82, 2.24) is 19.9 Å². The highest BCUT2D eigenvalue weighted by molar-refractivity contribution is 7.09. The summed E-state index contributed by atoms with van der Waals surface area (Å²) in [5.74, 6) is 2.43. The third-order valence-electron chi connectivity index (χ3n) is 5.81. The molecule has 3 heterocycles. The average Bonchev–Trinajstić information content (AvgIpc) is 3.07. The van der Waals surface area contributed by atoms with Crippen LogP contribution in [0.15, 0.2) is 23.8 Å². The van der Waals surface area contributed by atoms with Gasteiger partial charge in [-0.1, -0.05) is 13.8 Å². The summed E-state index contributed by atoms with van der Waals surface area (Å²) in [6, 6.07) is 2.78. The van der Waals surface area contributed by atoms with Gasteiger partial charge in [0.05, 0.1) is 6.54 Å². The maximum atomic E-state index is 4.77. The van der Waals surface area contributed by atoms with Gasteiger partial charge in [-0.25, -0.2) is 15.0 Å². The Balaban J connectivity index is 1.35. The second-order valence-electron chi connectivity index (χ2n) is 7.84. The first kappa shape index (κ1) is 16.9. The second-order valence-corrected chi connectivity index (χ2v) is 8.82.